The minimum Gasteiger partial charge on any atom is -0.463 e. The number of urea groups is 1. The van der Waals surface area contributed by atoms with E-state index in [0.29, 0.717) is 60.1 Å². The lowest BCUT2D eigenvalue weighted by molar-refractivity contribution is -0.139. The molecule has 0 aliphatic carbocycles. The second kappa shape index (κ2) is 11.1. The van der Waals surface area contributed by atoms with E-state index in [-0.39, 0.29) is 18.5 Å². The van der Waals surface area contributed by atoms with E-state index in [9.17, 15) is 18.8 Å². The molecule has 2 heterocycles. The van der Waals surface area contributed by atoms with Crippen LogP contribution in [0.4, 0.5) is 9.18 Å². The minimum absolute atomic E-state index is 0.191. The summed E-state index contributed by atoms with van der Waals surface area (Å²) in [4.78, 5) is 43.9. The van der Waals surface area contributed by atoms with Crippen LogP contribution >= 0.6 is 11.6 Å². The second-order valence-electron chi connectivity index (χ2n) is 8.66. The molecule has 0 aromatic heterocycles. The van der Waals surface area contributed by atoms with Crippen molar-refractivity contribution >= 4 is 29.5 Å². The number of nitrogens with zero attached hydrogens (tertiary/aromatic N) is 3. The van der Waals surface area contributed by atoms with Crippen LogP contribution < -0.4 is 5.32 Å². The standard InChI is InChI=1S/C26H28ClFN4O4/c1-3-36-25(34)22-21(30(2)26(35)29-23(22)17-6-4-8-19(27)14-17)16-31-10-12-32(13-11-31)24(33)18-7-5-9-20(28)15-18/h4-9,14-15,23H,3,10-13,16H2,1-2H3,(H,29,35). The zero-order chi connectivity index (χ0) is 25.8. The Morgan fingerprint density at radius 1 is 1.11 bits per heavy atom. The predicted octanol–water partition coefficient (Wildman–Crippen LogP) is 3.45. The normalized spacial score (nSPS) is 18.8. The Morgan fingerprint density at radius 3 is 2.50 bits per heavy atom. The fraction of sp³-hybridized carbons (Fsp3) is 0.346. The lowest BCUT2D eigenvalue weighted by Crippen LogP contribution is -2.53. The molecule has 0 saturated carbocycles. The van der Waals surface area contributed by atoms with Crippen LogP contribution in [0.5, 0.6) is 0 Å². The van der Waals surface area contributed by atoms with E-state index in [1.807, 2.05) is 0 Å². The molecule has 1 fully saturated rings. The largest absolute Gasteiger partial charge is 0.463 e. The van der Waals surface area contributed by atoms with E-state index in [1.165, 1.54) is 23.1 Å². The summed E-state index contributed by atoms with van der Waals surface area (Å²) in [5, 5.41) is 3.37. The van der Waals surface area contributed by atoms with E-state index >= 15 is 0 Å². The van der Waals surface area contributed by atoms with E-state index in [0.717, 1.165) is 0 Å². The van der Waals surface area contributed by atoms with Crippen LogP contribution in [0.15, 0.2) is 59.8 Å². The van der Waals surface area contributed by atoms with Gasteiger partial charge in [0.2, 0.25) is 0 Å². The Hall–Kier alpha value is -3.43. The Labute approximate surface area is 214 Å². The van der Waals surface area contributed by atoms with Gasteiger partial charge in [0, 0.05) is 56.1 Å². The first-order valence-corrected chi connectivity index (χ1v) is 12.1. The third-order valence-electron chi connectivity index (χ3n) is 6.36. The molecule has 2 aromatic carbocycles. The van der Waals surface area contributed by atoms with Crippen molar-refractivity contribution in [2.45, 2.75) is 13.0 Å². The molecule has 2 aromatic rings. The molecule has 36 heavy (non-hydrogen) atoms. The molecular formula is C26H28ClFN4O4. The summed E-state index contributed by atoms with van der Waals surface area (Å²) < 4.78 is 18.9. The molecule has 3 amide bonds. The van der Waals surface area contributed by atoms with Crippen molar-refractivity contribution < 1.29 is 23.5 Å². The van der Waals surface area contributed by atoms with Crippen LogP contribution in [-0.4, -0.2) is 79.0 Å². The van der Waals surface area contributed by atoms with Crippen molar-refractivity contribution in [3.05, 3.63) is 81.8 Å². The maximum atomic E-state index is 13.6. The van der Waals surface area contributed by atoms with Crippen molar-refractivity contribution in [1.29, 1.82) is 0 Å². The van der Waals surface area contributed by atoms with Gasteiger partial charge in [-0.25, -0.2) is 14.0 Å². The zero-order valence-electron chi connectivity index (χ0n) is 20.2. The fourth-order valence-corrected chi connectivity index (χ4v) is 4.66. The van der Waals surface area contributed by atoms with Gasteiger partial charge < -0.3 is 15.0 Å². The van der Waals surface area contributed by atoms with Crippen LogP contribution in [0.2, 0.25) is 5.02 Å². The molecule has 4 rings (SSSR count). The number of carbonyl (C=O) groups is 3. The summed E-state index contributed by atoms with van der Waals surface area (Å²) >= 11 is 6.19. The van der Waals surface area contributed by atoms with Gasteiger partial charge >= 0.3 is 12.0 Å². The molecule has 2 aliphatic rings. The summed E-state index contributed by atoms with van der Waals surface area (Å²) in [5.41, 5.74) is 1.87. The lowest BCUT2D eigenvalue weighted by atomic mass is 9.94. The molecule has 1 unspecified atom stereocenters. The van der Waals surface area contributed by atoms with Gasteiger partial charge in [-0.15, -0.1) is 0 Å². The Balaban J connectivity index is 1.57. The van der Waals surface area contributed by atoms with E-state index in [4.69, 9.17) is 16.3 Å². The molecule has 8 nitrogen and oxygen atoms in total. The quantitative estimate of drug-likeness (QED) is 0.597. The molecule has 0 bridgehead atoms. The lowest BCUT2D eigenvalue weighted by Gasteiger charge is -2.39. The highest BCUT2D eigenvalue weighted by Gasteiger charge is 2.38. The van der Waals surface area contributed by atoms with Crippen LogP contribution in [0.1, 0.15) is 28.9 Å². The van der Waals surface area contributed by atoms with Crippen molar-refractivity contribution in [3.8, 4) is 0 Å². The minimum atomic E-state index is -0.711. The number of ether oxygens (including phenoxy) is 1. The van der Waals surface area contributed by atoms with Crippen LogP contribution in [0.25, 0.3) is 0 Å². The van der Waals surface area contributed by atoms with Crippen molar-refractivity contribution in [2.75, 3.05) is 46.4 Å². The molecule has 10 heteroatoms. The van der Waals surface area contributed by atoms with Crippen molar-refractivity contribution in [3.63, 3.8) is 0 Å². The first kappa shape index (κ1) is 25.7. The summed E-state index contributed by atoms with van der Waals surface area (Å²) in [6, 6.07) is 11.6. The van der Waals surface area contributed by atoms with E-state index in [1.54, 1.807) is 49.2 Å². The highest BCUT2D eigenvalue weighted by atomic mass is 35.5. The number of halogens is 2. The summed E-state index contributed by atoms with van der Waals surface area (Å²) in [6.07, 6.45) is 0. The van der Waals surface area contributed by atoms with Crippen LogP contribution in [0.3, 0.4) is 0 Å². The van der Waals surface area contributed by atoms with Gasteiger partial charge in [0.25, 0.3) is 5.91 Å². The van der Waals surface area contributed by atoms with Gasteiger partial charge in [-0.2, -0.15) is 0 Å². The number of piperazine rings is 1. The third kappa shape index (κ3) is 5.52. The molecule has 0 radical (unpaired) electrons. The zero-order valence-corrected chi connectivity index (χ0v) is 20.9. The first-order chi connectivity index (χ1) is 17.3. The van der Waals surface area contributed by atoms with Gasteiger partial charge in [0.1, 0.15) is 5.82 Å². The highest BCUT2D eigenvalue weighted by molar-refractivity contribution is 6.30. The van der Waals surface area contributed by atoms with Crippen LogP contribution in [0, 0.1) is 5.82 Å². The summed E-state index contributed by atoms with van der Waals surface area (Å²) in [5.74, 6) is -1.19. The molecule has 1 saturated heterocycles. The van der Waals surface area contributed by atoms with Gasteiger partial charge in [0.15, 0.2) is 0 Å². The fourth-order valence-electron chi connectivity index (χ4n) is 4.46. The summed E-state index contributed by atoms with van der Waals surface area (Å²) in [7, 11) is 1.61. The van der Waals surface area contributed by atoms with E-state index in [2.05, 4.69) is 10.2 Å². The van der Waals surface area contributed by atoms with Gasteiger partial charge in [0.05, 0.1) is 18.2 Å². The molecule has 2 aliphatic heterocycles. The SMILES string of the molecule is CCOC(=O)C1=C(CN2CCN(C(=O)c3cccc(F)c3)CC2)N(C)C(=O)NC1c1cccc(Cl)c1. The Morgan fingerprint density at radius 2 is 1.83 bits per heavy atom. The monoisotopic (exact) mass is 514 g/mol. The topological polar surface area (TPSA) is 82.2 Å². The maximum Gasteiger partial charge on any atom is 0.338 e. The number of nitrogens with one attached hydrogen (secondary N) is 1. The first-order valence-electron chi connectivity index (χ1n) is 11.8. The number of carbonyl (C=O) groups excluding carboxylic acids is 3. The number of benzene rings is 2. The number of hydrogen-bond donors (Lipinski definition) is 1. The molecule has 0 spiro atoms. The molecule has 190 valence electrons. The van der Waals surface area contributed by atoms with Gasteiger partial charge in [-0.05, 0) is 42.8 Å². The second-order valence-corrected chi connectivity index (χ2v) is 9.09. The molecule has 1 N–H and O–H groups in total. The number of likely N-dealkylation sites (N-methyl/N-ethyl adjacent to an activating group) is 1. The maximum absolute atomic E-state index is 13.6. The Bertz CT molecular complexity index is 1200. The average Bonchev–Trinajstić information content (AvgIpc) is 2.86. The Kier molecular flexibility index (Phi) is 7.91. The molecule has 1 atom stereocenters. The average molecular weight is 515 g/mol. The van der Waals surface area contributed by atoms with Crippen molar-refractivity contribution in [2.24, 2.45) is 0 Å². The number of esters is 1. The van der Waals surface area contributed by atoms with Gasteiger partial charge in [-0.3, -0.25) is 14.6 Å². The predicted molar refractivity (Wildman–Crippen MR) is 133 cm³/mol. The van der Waals surface area contributed by atoms with Gasteiger partial charge in [-0.1, -0.05) is 29.8 Å². The van der Waals surface area contributed by atoms with Crippen LogP contribution in [-0.2, 0) is 9.53 Å². The number of amides is 3. The summed E-state index contributed by atoms with van der Waals surface area (Å²) in [6.45, 7) is 4.16. The number of hydrogen-bond acceptors (Lipinski definition) is 5. The highest BCUT2D eigenvalue weighted by Crippen LogP contribution is 2.32. The van der Waals surface area contributed by atoms with E-state index < -0.39 is 17.8 Å². The molecular weight excluding hydrogens is 487 g/mol. The van der Waals surface area contributed by atoms with Crippen molar-refractivity contribution in [1.82, 2.24) is 20.0 Å². The number of rotatable bonds is 6. The third-order valence-corrected chi connectivity index (χ3v) is 6.59. The smallest absolute Gasteiger partial charge is 0.338 e.